The van der Waals surface area contributed by atoms with E-state index < -0.39 is 12.4 Å². The molecule has 0 aromatic heterocycles. The van der Waals surface area contributed by atoms with Crippen LogP contribution < -0.4 is 5.32 Å². The molecule has 1 atom stereocenters. The second kappa shape index (κ2) is 5.67. The molecule has 0 amide bonds. The Labute approximate surface area is 106 Å². The van der Waals surface area contributed by atoms with Crippen molar-refractivity contribution in [2.75, 3.05) is 18.5 Å². The lowest BCUT2D eigenvalue weighted by Gasteiger charge is -2.17. The first-order valence-corrected chi connectivity index (χ1v) is 6.14. The molecule has 1 unspecified atom stereocenters. The molecule has 5 N–H and O–H groups in total. The molecule has 100 valence electrons. The van der Waals surface area contributed by atoms with Gasteiger partial charge in [-0.15, -0.1) is 0 Å². The van der Waals surface area contributed by atoms with Crippen molar-refractivity contribution in [3.05, 3.63) is 28.8 Å². The number of anilines is 1. The predicted molar refractivity (Wildman–Crippen MR) is 67.4 cm³/mol. The first-order valence-electron chi connectivity index (χ1n) is 6.14. The van der Waals surface area contributed by atoms with Crippen LogP contribution in [0.25, 0.3) is 0 Å². The lowest BCUT2D eigenvalue weighted by Crippen LogP contribution is -2.18. The molecular weight excluding hydrogens is 234 g/mol. The molecular formula is C13H19NO4. The molecule has 0 radical (unpaired) electrons. The monoisotopic (exact) mass is 253 g/mol. The Hall–Kier alpha value is -1.14. The molecule has 1 heterocycles. The van der Waals surface area contributed by atoms with Crippen molar-refractivity contribution in [1.82, 2.24) is 0 Å². The second-order valence-corrected chi connectivity index (χ2v) is 4.63. The Morgan fingerprint density at radius 2 is 1.94 bits per heavy atom. The molecule has 5 nitrogen and oxygen atoms in total. The number of hydrogen-bond acceptors (Lipinski definition) is 5. The highest BCUT2D eigenvalue weighted by atomic mass is 16.5. The van der Waals surface area contributed by atoms with E-state index in [1.165, 1.54) is 0 Å². The summed E-state index contributed by atoms with van der Waals surface area (Å²) < 4.78 is 0. The van der Waals surface area contributed by atoms with Crippen molar-refractivity contribution < 1.29 is 20.4 Å². The molecule has 18 heavy (non-hydrogen) atoms. The summed E-state index contributed by atoms with van der Waals surface area (Å²) in [6.07, 6.45) is -0.890. The molecule has 0 fully saturated rings. The van der Waals surface area contributed by atoms with Crippen LogP contribution in [0.3, 0.4) is 0 Å². The molecule has 1 aromatic rings. The SMILES string of the molecule is OCC(O)Cc1ccc2c(c1CC(O)O)CCN2. The topological polar surface area (TPSA) is 93.0 Å². The van der Waals surface area contributed by atoms with Crippen LogP contribution in [0.4, 0.5) is 5.69 Å². The summed E-state index contributed by atoms with van der Waals surface area (Å²) in [5.74, 6) is 0. The number of rotatable bonds is 5. The Balaban J connectivity index is 2.33. The van der Waals surface area contributed by atoms with Crippen molar-refractivity contribution in [2.24, 2.45) is 0 Å². The lowest BCUT2D eigenvalue weighted by atomic mass is 9.93. The van der Waals surface area contributed by atoms with Gasteiger partial charge in [0, 0.05) is 25.1 Å². The zero-order chi connectivity index (χ0) is 13.1. The van der Waals surface area contributed by atoms with Gasteiger partial charge in [-0.1, -0.05) is 6.07 Å². The van der Waals surface area contributed by atoms with Gasteiger partial charge >= 0.3 is 0 Å². The third-order valence-corrected chi connectivity index (χ3v) is 3.27. The minimum Gasteiger partial charge on any atom is -0.394 e. The molecule has 0 bridgehead atoms. The summed E-state index contributed by atoms with van der Waals surface area (Å²) in [5.41, 5.74) is 3.85. The summed E-state index contributed by atoms with van der Waals surface area (Å²) >= 11 is 0. The van der Waals surface area contributed by atoms with Crippen molar-refractivity contribution in [1.29, 1.82) is 0 Å². The Kier molecular flexibility index (Phi) is 4.19. The smallest absolute Gasteiger partial charge is 0.155 e. The van der Waals surface area contributed by atoms with Crippen LogP contribution in [0.1, 0.15) is 16.7 Å². The maximum atomic E-state index is 9.53. The Morgan fingerprint density at radius 3 is 2.61 bits per heavy atom. The summed E-state index contributed by atoms with van der Waals surface area (Å²) in [5, 5.41) is 40.0. The third-order valence-electron chi connectivity index (χ3n) is 3.27. The predicted octanol–water partition coefficient (Wildman–Crippen LogP) is -0.597. The third kappa shape index (κ3) is 2.81. The van der Waals surface area contributed by atoms with E-state index >= 15 is 0 Å². The van der Waals surface area contributed by atoms with Crippen LogP contribution in [0.2, 0.25) is 0 Å². The van der Waals surface area contributed by atoms with Crippen LogP contribution in [0, 0.1) is 0 Å². The van der Waals surface area contributed by atoms with E-state index in [0.717, 1.165) is 35.3 Å². The highest BCUT2D eigenvalue weighted by Gasteiger charge is 2.20. The maximum Gasteiger partial charge on any atom is 0.155 e. The largest absolute Gasteiger partial charge is 0.394 e. The fourth-order valence-corrected chi connectivity index (χ4v) is 2.46. The van der Waals surface area contributed by atoms with Crippen LogP contribution in [0.5, 0.6) is 0 Å². The number of aliphatic hydroxyl groups is 4. The average molecular weight is 253 g/mol. The van der Waals surface area contributed by atoms with E-state index in [-0.39, 0.29) is 13.0 Å². The van der Waals surface area contributed by atoms with Gasteiger partial charge in [0.25, 0.3) is 0 Å². The van der Waals surface area contributed by atoms with E-state index in [9.17, 15) is 15.3 Å². The van der Waals surface area contributed by atoms with E-state index in [1.807, 2.05) is 12.1 Å². The van der Waals surface area contributed by atoms with Crippen LogP contribution in [0.15, 0.2) is 12.1 Å². The first kappa shape index (κ1) is 13.3. The fourth-order valence-electron chi connectivity index (χ4n) is 2.46. The normalized spacial score (nSPS) is 15.6. The first-order chi connectivity index (χ1) is 8.61. The van der Waals surface area contributed by atoms with Crippen LogP contribution in [-0.2, 0) is 19.3 Å². The zero-order valence-electron chi connectivity index (χ0n) is 10.1. The molecule has 0 saturated heterocycles. The van der Waals surface area contributed by atoms with E-state index in [2.05, 4.69) is 5.32 Å². The highest BCUT2D eigenvalue weighted by molar-refractivity contribution is 5.61. The summed E-state index contributed by atoms with van der Waals surface area (Å²) in [7, 11) is 0. The number of nitrogens with one attached hydrogen (secondary N) is 1. The minimum atomic E-state index is -1.40. The van der Waals surface area contributed by atoms with Crippen molar-refractivity contribution in [3.63, 3.8) is 0 Å². The van der Waals surface area contributed by atoms with Crippen LogP contribution >= 0.6 is 0 Å². The highest BCUT2D eigenvalue weighted by Crippen LogP contribution is 2.30. The molecule has 5 heteroatoms. The van der Waals surface area contributed by atoms with Gasteiger partial charge in [-0.3, -0.25) is 0 Å². The average Bonchev–Trinajstić information content (AvgIpc) is 2.79. The van der Waals surface area contributed by atoms with Crippen molar-refractivity contribution in [3.8, 4) is 0 Å². The van der Waals surface area contributed by atoms with Gasteiger partial charge in [0.05, 0.1) is 12.7 Å². The Morgan fingerprint density at radius 1 is 1.17 bits per heavy atom. The molecule has 0 saturated carbocycles. The summed E-state index contributed by atoms with van der Waals surface area (Å²) in [4.78, 5) is 0. The maximum absolute atomic E-state index is 9.53. The molecule has 1 aliphatic heterocycles. The van der Waals surface area contributed by atoms with Gasteiger partial charge in [0.2, 0.25) is 0 Å². The standard InChI is InChI=1S/C13H19NO4/c15-7-9(16)5-8-1-2-12-10(3-4-14-12)11(8)6-13(17)18/h1-2,9,13-18H,3-7H2. The fraction of sp³-hybridized carbons (Fsp3) is 0.538. The molecule has 0 aliphatic carbocycles. The van der Waals surface area contributed by atoms with Gasteiger partial charge in [-0.25, -0.2) is 0 Å². The molecule has 1 aliphatic rings. The van der Waals surface area contributed by atoms with E-state index in [4.69, 9.17) is 5.11 Å². The minimum absolute atomic E-state index is 0.151. The van der Waals surface area contributed by atoms with E-state index in [0.29, 0.717) is 6.42 Å². The quantitative estimate of drug-likeness (QED) is 0.452. The van der Waals surface area contributed by atoms with Gasteiger partial charge < -0.3 is 25.7 Å². The van der Waals surface area contributed by atoms with Crippen molar-refractivity contribution in [2.45, 2.75) is 31.7 Å². The molecule has 2 rings (SSSR count). The second-order valence-electron chi connectivity index (χ2n) is 4.63. The van der Waals surface area contributed by atoms with Gasteiger partial charge in [-0.05, 0) is 29.2 Å². The number of hydrogen-bond donors (Lipinski definition) is 5. The Bertz CT molecular complexity index is 420. The van der Waals surface area contributed by atoms with Crippen molar-refractivity contribution >= 4 is 5.69 Å². The number of benzene rings is 1. The number of aliphatic hydroxyl groups excluding tert-OH is 3. The number of fused-ring (bicyclic) bond motifs is 1. The summed E-state index contributed by atoms with van der Waals surface area (Å²) in [6, 6.07) is 3.81. The van der Waals surface area contributed by atoms with Gasteiger partial charge in [0.15, 0.2) is 6.29 Å². The van der Waals surface area contributed by atoms with E-state index in [1.54, 1.807) is 0 Å². The summed E-state index contributed by atoms with van der Waals surface area (Å²) in [6.45, 7) is 0.548. The lowest BCUT2D eigenvalue weighted by molar-refractivity contribution is -0.0384. The van der Waals surface area contributed by atoms with Crippen LogP contribution in [-0.4, -0.2) is 46.0 Å². The van der Waals surface area contributed by atoms with Gasteiger partial charge in [-0.2, -0.15) is 0 Å². The zero-order valence-corrected chi connectivity index (χ0v) is 10.1. The molecule has 0 spiro atoms. The van der Waals surface area contributed by atoms with Gasteiger partial charge in [0.1, 0.15) is 0 Å². The molecule has 1 aromatic carbocycles.